The number of methoxy groups -OCH3 is 2. The molecule has 0 radical (unpaired) electrons. The normalized spacial score (nSPS) is 15.9. The third-order valence-electron chi connectivity index (χ3n) is 22.9. The number of carbonyl (C=O) groups excluding carboxylic acids is 2. The number of hydrogen-bond donors (Lipinski definition) is 4. The average Bonchev–Trinajstić information content (AvgIpc) is 0.750. The number of esters is 2. The summed E-state index contributed by atoms with van der Waals surface area (Å²) in [6.45, 7) is 7.11. The minimum Gasteiger partial charge on any atom is -0.481 e. The largest absolute Gasteiger partial charge is 0.481 e. The second kappa shape index (κ2) is 46.6. The van der Waals surface area contributed by atoms with E-state index in [0.29, 0.717) is 47.0 Å². The molecule has 0 spiro atoms. The first kappa shape index (κ1) is 107. The van der Waals surface area contributed by atoms with Crippen molar-refractivity contribution >= 4 is 86.1 Å². The second-order valence-corrected chi connectivity index (χ2v) is 41.3. The van der Waals surface area contributed by atoms with Crippen molar-refractivity contribution in [1.29, 1.82) is 0 Å². The van der Waals surface area contributed by atoms with Crippen LogP contribution in [0.5, 0.6) is 23.0 Å². The van der Waals surface area contributed by atoms with Gasteiger partial charge in [0.2, 0.25) is 30.1 Å². The minimum absolute atomic E-state index is 0. The number of carboxylic acids is 2. The van der Waals surface area contributed by atoms with E-state index < -0.39 is 85.6 Å². The lowest BCUT2D eigenvalue weighted by atomic mass is 9.87. The molecular formula is C102H105Cl2F4N5O20S4. The Balaban J connectivity index is 0.000000181. The fourth-order valence-corrected chi connectivity index (χ4v) is 21.0. The fourth-order valence-electron chi connectivity index (χ4n) is 15.4. The lowest BCUT2D eigenvalue weighted by molar-refractivity contribution is -0.145. The maximum Gasteiger partial charge on any atom is 0.320 e. The van der Waals surface area contributed by atoms with Gasteiger partial charge in [0.05, 0.1) is 90.8 Å². The number of carbonyl (C=O) groups is 4. The highest BCUT2D eigenvalue weighted by molar-refractivity contribution is 8.13. The summed E-state index contributed by atoms with van der Waals surface area (Å²) in [4.78, 5) is 45.5. The molecule has 25 nitrogen and oxygen atoms in total. The Hall–Kier alpha value is -12.4. The number of hydrogen-bond acceptors (Lipinski definition) is 20. The number of halogens is 6. The van der Waals surface area contributed by atoms with Crippen molar-refractivity contribution in [3.05, 3.63) is 383 Å². The molecule has 4 aliphatic heterocycles. The Morgan fingerprint density at radius 2 is 0.599 bits per heavy atom. The van der Waals surface area contributed by atoms with E-state index in [4.69, 9.17) is 50.3 Å². The number of benzene rings is 12. The van der Waals surface area contributed by atoms with Gasteiger partial charge in [-0.15, -0.1) is 12.4 Å². The van der Waals surface area contributed by atoms with E-state index in [-0.39, 0.29) is 138 Å². The van der Waals surface area contributed by atoms with Gasteiger partial charge in [-0.05, 0) is 216 Å². The number of nitrogens with zero attached hydrogens (tertiary/aromatic N) is 3. The molecule has 0 aromatic heterocycles. The van der Waals surface area contributed by atoms with E-state index in [1.165, 1.54) is 148 Å². The highest BCUT2D eigenvalue weighted by Crippen LogP contribution is 2.45. The molecule has 0 amide bonds. The molecule has 0 bridgehead atoms. The van der Waals surface area contributed by atoms with Gasteiger partial charge in [-0.25, -0.2) is 51.2 Å². The average molecular weight is 2000 g/mol. The molecule has 4 heterocycles. The SMILES string of the molecule is C.COC(=O)[C@@H](C)Cc1cccc(S(=O)(=O)Cl)c1.COC(=O)[C@@H](C)Cc1cccc(S(=O)(=O)N2CC(Oc3ccc(F)cc3)(c3ccccc3)C2)c1.C[C@@H](Cc1cccc(S(=O)(=O)N2CC(Oc3ccc(F)cc3)(c3ccccc3)C2)c1)C(=O)O.Cl.Fc1ccc(OC2(c3ccccc3)CNC2)cc1.N[C@@H](Cc1cccc(S(=O)(=O)N2CC(Oc3ccc(F)cc3)(c3ccccc3)C2)c1)C(=O)O. The standard InChI is InChI=1S/C26H26FNO5S.C25H24FNO5S.C24H23FN2O5S.C15H14FNO.C11H13ClO4S.CH4.ClH/c1-19(25(29)32-2)15-20-7-6-10-24(16-20)34(30,31)28-17-26(18-28,21-8-4-3-5-9-21)33-23-13-11-22(27)12-14-23;1-18(24(28)29)14-19-6-5-9-23(15-19)33(30,31)27-16-25(17-27,20-7-3-2-4-8-20)32-22-12-10-21(26)11-13-22;25-19-9-11-20(12-10-19)32-24(18-6-2-1-3-7-18)15-27(16-24)33(30,31)21-8-4-5-17(13-21)14-22(26)23(28)29;16-13-6-8-14(9-7-13)18-15(10-17-11-15)12-4-2-1-3-5-12;1-8(11(13)16-2)6-9-4-3-5-10(7-9)17(12,14)15;;/h3-14,16,19H,15,17-18H2,1-2H3;2-13,15,18H,14,16-17H2,1H3,(H,28,29);1-13,22H,14-16,26H2,(H,28,29);1-9,17H,10-11H2;3-5,7-8H,6H2,1-2H3;1H4;1H/t19-;18-;22-;;8-;;/m000.0../s1. The van der Waals surface area contributed by atoms with Crippen LogP contribution < -0.4 is 30.0 Å². The summed E-state index contributed by atoms with van der Waals surface area (Å²) in [5.41, 5.74) is 8.79. The number of ether oxygens (including phenoxy) is 6. The van der Waals surface area contributed by atoms with Crippen molar-refractivity contribution < 1.29 is 109 Å². The first-order chi connectivity index (χ1) is 64.2. The maximum atomic E-state index is 13.4. The molecule has 724 valence electrons. The first-order valence-corrected chi connectivity index (χ1v) is 49.3. The Bertz CT molecular complexity index is 6370. The smallest absolute Gasteiger partial charge is 0.320 e. The number of carboxylic acid groups (broad SMARTS) is 2. The Labute approximate surface area is 806 Å². The molecular weight excluding hydrogens is 1890 g/mol. The second-order valence-electron chi connectivity index (χ2n) is 33.0. The maximum absolute atomic E-state index is 13.4. The van der Waals surface area contributed by atoms with Crippen LogP contribution in [0.3, 0.4) is 0 Å². The van der Waals surface area contributed by atoms with Crippen LogP contribution in [0, 0.1) is 41.0 Å². The highest BCUT2D eigenvalue weighted by atomic mass is 35.7. The molecule has 0 unspecified atom stereocenters. The quantitative estimate of drug-likeness (QED) is 0.0178. The van der Waals surface area contributed by atoms with E-state index in [9.17, 15) is 70.4 Å². The van der Waals surface area contributed by atoms with Gasteiger partial charge < -0.3 is 49.7 Å². The van der Waals surface area contributed by atoms with Crippen LogP contribution in [0.15, 0.2) is 335 Å². The molecule has 0 aliphatic carbocycles. The number of nitrogens with one attached hydrogen (secondary N) is 1. The predicted octanol–water partition coefficient (Wildman–Crippen LogP) is 16.7. The molecule has 4 saturated heterocycles. The van der Waals surface area contributed by atoms with Gasteiger partial charge in [0.25, 0.3) is 9.05 Å². The zero-order valence-electron chi connectivity index (χ0n) is 74.4. The molecule has 4 aliphatic rings. The van der Waals surface area contributed by atoms with Gasteiger partial charge >= 0.3 is 23.9 Å². The molecule has 4 fully saturated rings. The molecule has 0 saturated carbocycles. The van der Waals surface area contributed by atoms with E-state index >= 15 is 0 Å². The lowest BCUT2D eigenvalue weighted by Crippen LogP contribution is -2.64. The lowest BCUT2D eigenvalue weighted by Gasteiger charge is -2.48. The Morgan fingerprint density at radius 1 is 0.358 bits per heavy atom. The molecule has 12 aromatic carbocycles. The minimum atomic E-state index is -3.85. The van der Waals surface area contributed by atoms with Gasteiger partial charge in [0, 0.05) is 23.8 Å². The third kappa shape index (κ3) is 27.1. The van der Waals surface area contributed by atoms with Crippen LogP contribution >= 0.6 is 23.1 Å². The molecule has 35 heteroatoms. The van der Waals surface area contributed by atoms with Gasteiger partial charge in [-0.2, -0.15) is 12.9 Å². The number of rotatable bonds is 31. The monoisotopic (exact) mass is 1990 g/mol. The van der Waals surface area contributed by atoms with Crippen molar-refractivity contribution in [2.75, 3.05) is 66.6 Å². The van der Waals surface area contributed by atoms with Crippen molar-refractivity contribution in [3.63, 3.8) is 0 Å². The van der Waals surface area contributed by atoms with Gasteiger partial charge in [-0.3, -0.25) is 19.2 Å². The Morgan fingerprint density at radius 3 is 0.839 bits per heavy atom. The summed E-state index contributed by atoms with van der Waals surface area (Å²) in [6.07, 6.45) is 1.03. The summed E-state index contributed by atoms with van der Waals surface area (Å²) in [5, 5.41) is 21.4. The molecule has 5 N–H and O–H groups in total. The summed E-state index contributed by atoms with van der Waals surface area (Å²) >= 11 is 0. The summed E-state index contributed by atoms with van der Waals surface area (Å²) in [5.74, 6) is -3.46. The predicted molar refractivity (Wildman–Crippen MR) is 512 cm³/mol. The molecule has 4 atom stereocenters. The van der Waals surface area contributed by atoms with Crippen molar-refractivity contribution in [1.82, 2.24) is 18.2 Å². The van der Waals surface area contributed by atoms with Crippen molar-refractivity contribution in [3.8, 4) is 23.0 Å². The van der Waals surface area contributed by atoms with E-state index in [1.54, 1.807) is 93.6 Å². The summed E-state index contributed by atoms with van der Waals surface area (Å²) in [7, 11) is -7.30. The van der Waals surface area contributed by atoms with Gasteiger partial charge in [0.15, 0.2) is 22.4 Å². The first-order valence-electron chi connectivity index (χ1n) is 42.6. The number of sulfonamides is 3. The van der Waals surface area contributed by atoms with Crippen LogP contribution in [0.25, 0.3) is 0 Å². The zero-order chi connectivity index (χ0) is 97.1. The van der Waals surface area contributed by atoms with Gasteiger partial charge in [-0.1, -0.05) is 198 Å². The van der Waals surface area contributed by atoms with Crippen LogP contribution in [-0.2, 0) is 116 Å². The number of nitrogens with two attached hydrogens (primary N) is 1. The van der Waals surface area contributed by atoms with Crippen molar-refractivity contribution in [2.24, 2.45) is 23.5 Å². The number of aliphatic carboxylic acids is 2. The topological polar surface area (TPSA) is 348 Å². The molecule has 16 rings (SSSR count). The van der Waals surface area contributed by atoms with Crippen LogP contribution in [-0.4, -0.2) is 153 Å². The van der Waals surface area contributed by atoms with E-state index in [2.05, 4.69) is 22.2 Å². The molecule has 12 aromatic rings. The highest BCUT2D eigenvalue weighted by Gasteiger charge is 2.55. The summed E-state index contributed by atoms with van der Waals surface area (Å²) in [6, 6.07) is 85.4. The van der Waals surface area contributed by atoms with Gasteiger partial charge in [0.1, 0.15) is 52.3 Å². The van der Waals surface area contributed by atoms with Crippen LogP contribution in [0.1, 0.15) is 72.7 Å². The van der Waals surface area contributed by atoms with E-state index in [1.807, 2.05) is 109 Å². The zero-order valence-corrected chi connectivity index (χ0v) is 79.2. The van der Waals surface area contributed by atoms with Crippen molar-refractivity contribution in [2.45, 2.75) is 102 Å². The Kier molecular flexibility index (Phi) is 36.3. The fraction of sp³-hybridized carbons (Fsp3) is 0.255. The molecule has 137 heavy (non-hydrogen) atoms. The third-order valence-corrected chi connectivity index (χ3v) is 29.6. The van der Waals surface area contributed by atoms with Crippen LogP contribution in [0.2, 0.25) is 0 Å². The summed E-state index contributed by atoms with van der Waals surface area (Å²) < 4.78 is 193. The van der Waals surface area contributed by atoms with Crippen LogP contribution in [0.4, 0.5) is 17.6 Å². The van der Waals surface area contributed by atoms with E-state index in [0.717, 1.165) is 46.5 Å².